The molecule has 6 nitrogen and oxygen atoms in total. The second-order valence-electron chi connectivity index (χ2n) is 6.97. The van der Waals surface area contributed by atoms with E-state index in [1.165, 1.54) is 0 Å². The normalized spacial score (nSPS) is 11.0. The van der Waals surface area contributed by atoms with Crippen LogP contribution in [-0.4, -0.2) is 20.8 Å². The molecule has 29 heavy (non-hydrogen) atoms. The zero-order chi connectivity index (χ0) is 20.2. The van der Waals surface area contributed by atoms with E-state index in [9.17, 15) is 4.79 Å². The van der Waals surface area contributed by atoms with Gasteiger partial charge in [-0.1, -0.05) is 65.8 Å². The van der Waals surface area contributed by atoms with E-state index in [0.717, 1.165) is 28.1 Å². The molecule has 0 radical (unpaired) electrons. The Morgan fingerprint density at radius 1 is 1.03 bits per heavy atom. The van der Waals surface area contributed by atoms with Crippen LogP contribution in [-0.2, 0) is 11.3 Å². The molecule has 1 N–H and O–H groups in total. The molecule has 2 aromatic heterocycles. The van der Waals surface area contributed by atoms with Gasteiger partial charge in [0.2, 0.25) is 5.91 Å². The molecule has 146 valence electrons. The number of nitrogens with zero attached hydrogens (tertiary/aromatic N) is 3. The molecule has 0 bridgehead atoms. The lowest BCUT2D eigenvalue weighted by molar-refractivity contribution is -0.116. The molecule has 0 aliphatic carbocycles. The van der Waals surface area contributed by atoms with Crippen LogP contribution in [0.2, 0.25) is 0 Å². The van der Waals surface area contributed by atoms with Crippen molar-refractivity contribution in [1.29, 1.82) is 0 Å². The van der Waals surface area contributed by atoms with E-state index in [4.69, 9.17) is 4.52 Å². The van der Waals surface area contributed by atoms with E-state index in [0.29, 0.717) is 12.2 Å². The quantitative estimate of drug-likeness (QED) is 0.536. The Hall–Kier alpha value is -3.67. The molecule has 0 saturated carbocycles. The van der Waals surface area contributed by atoms with Gasteiger partial charge in [0.15, 0.2) is 0 Å². The van der Waals surface area contributed by atoms with Crippen LogP contribution in [0, 0.1) is 13.8 Å². The van der Waals surface area contributed by atoms with Gasteiger partial charge in [-0.15, -0.1) is 0 Å². The minimum absolute atomic E-state index is 0.0979. The maximum Gasteiger partial charge on any atom is 0.236 e. The summed E-state index contributed by atoms with van der Waals surface area (Å²) < 4.78 is 6.97. The lowest BCUT2D eigenvalue weighted by Gasteiger charge is -2.17. The summed E-state index contributed by atoms with van der Waals surface area (Å²) in [5.41, 5.74) is 4.38. The second kappa shape index (κ2) is 8.14. The van der Waals surface area contributed by atoms with Gasteiger partial charge in [0.05, 0.1) is 30.0 Å². The van der Waals surface area contributed by atoms with E-state index in [-0.39, 0.29) is 5.91 Å². The summed E-state index contributed by atoms with van der Waals surface area (Å²) in [5.74, 6) is 0.277. The van der Waals surface area contributed by atoms with Crippen molar-refractivity contribution in [3.05, 3.63) is 101 Å². The molecule has 2 aromatic carbocycles. The maximum absolute atomic E-state index is 13.2. The van der Waals surface area contributed by atoms with E-state index in [1.54, 1.807) is 10.9 Å². The second-order valence-corrected chi connectivity index (χ2v) is 6.97. The van der Waals surface area contributed by atoms with Gasteiger partial charge in [-0.2, -0.15) is 5.10 Å². The van der Waals surface area contributed by atoms with Gasteiger partial charge >= 0.3 is 0 Å². The van der Waals surface area contributed by atoms with Crippen molar-refractivity contribution in [3.63, 3.8) is 0 Å². The number of aryl methyl sites for hydroxylation is 2. The van der Waals surface area contributed by atoms with E-state index >= 15 is 0 Å². The zero-order valence-corrected chi connectivity index (χ0v) is 16.4. The SMILES string of the molecule is Cc1noc(C)c1Cn1cc(NC(=O)C(c2ccccc2)c2ccccc2)cn1. The van der Waals surface area contributed by atoms with Gasteiger partial charge in [0.25, 0.3) is 0 Å². The highest BCUT2D eigenvalue weighted by Gasteiger charge is 2.23. The Balaban J connectivity index is 1.55. The monoisotopic (exact) mass is 386 g/mol. The molecule has 0 spiro atoms. The first-order valence-electron chi connectivity index (χ1n) is 9.47. The van der Waals surface area contributed by atoms with Crippen molar-refractivity contribution < 1.29 is 9.32 Å². The molecule has 4 rings (SSSR count). The number of amides is 1. The van der Waals surface area contributed by atoms with Gasteiger partial charge < -0.3 is 9.84 Å². The predicted molar refractivity (Wildman–Crippen MR) is 111 cm³/mol. The highest BCUT2D eigenvalue weighted by Crippen LogP contribution is 2.26. The summed E-state index contributed by atoms with van der Waals surface area (Å²) in [5, 5.41) is 11.3. The molecule has 0 fully saturated rings. The first-order chi connectivity index (χ1) is 14.1. The molecule has 0 unspecified atom stereocenters. The van der Waals surface area contributed by atoms with Crippen molar-refractivity contribution in [1.82, 2.24) is 14.9 Å². The van der Waals surface area contributed by atoms with Gasteiger partial charge in [0, 0.05) is 11.8 Å². The van der Waals surface area contributed by atoms with Gasteiger partial charge in [-0.05, 0) is 25.0 Å². The van der Waals surface area contributed by atoms with Gasteiger partial charge in [-0.3, -0.25) is 9.48 Å². The Morgan fingerprint density at radius 2 is 1.66 bits per heavy atom. The predicted octanol–water partition coefficient (Wildman–Crippen LogP) is 4.31. The zero-order valence-electron chi connectivity index (χ0n) is 16.4. The summed E-state index contributed by atoms with van der Waals surface area (Å²) >= 11 is 0. The third-order valence-corrected chi connectivity index (χ3v) is 4.93. The Morgan fingerprint density at radius 3 is 2.21 bits per heavy atom. The summed E-state index contributed by atoms with van der Waals surface area (Å²) in [4.78, 5) is 13.2. The van der Waals surface area contributed by atoms with Crippen LogP contribution in [0.25, 0.3) is 0 Å². The number of anilines is 1. The topological polar surface area (TPSA) is 73.0 Å². The van der Waals surface area contributed by atoms with Crippen LogP contribution >= 0.6 is 0 Å². The van der Waals surface area contributed by atoms with Crippen molar-refractivity contribution in [3.8, 4) is 0 Å². The molecule has 0 atom stereocenters. The first-order valence-corrected chi connectivity index (χ1v) is 9.47. The van der Waals surface area contributed by atoms with Crippen LogP contribution in [0.5, 0.6) is 0 Å². The standard InChI is InChI=1S/C23H22N4O2/c1-16-21(17(2)29-26-16)15-27-14-20(13-24-27)25-23(28)22(18-9-5-3-6-10-18)19-11-7-4-8-12-19/h3-14,22H,15H2,1-2H3,(H,25,28). The Kier molecular flexibility index (Phi) is 5.24. The number of rotatable bonds is 6. The molecule has 0 saturated heterocycles. The number of hydrogen-bond acceptors (Lipinski definition) is 4. The summed E-state index contributed by atoms with van der Waals surface area (Å²) in [6, 6.07) is 19.6. The molecular formula is C23H22N4O2. The third-order valence-electron chi connectivity index (χ3n) is 4.93. The van der Waals surface area contributed by atoms with Crippen molar-refractivity contribution >= 4 is 11.6 Å². The van der Waals surface area contributed by atoms with Crippen LogP contribution in [0.3, 0.4) is 0 Å². The molecule has 1 amide bonds. The number of nitrogens with one attached hydrogen (secondary N) is 1. The lowest BCUT2D eigenvalue weighted by Crippen LogP contribution is -2.22. The Bertz CT molecular complexity index is 1040. The largest absolute Gasteiger partial charge is 0.361 e. The Labute approximate surface area is 169 Å². The minimum Gasteiger partial charge on any atom is -0.361 e. The van der Waals surface area contributed by atoms with Gasteiger partial charge in [-0.25, -0.2) is 0 Å². The molecular weight excluding hydrogens is 364 g/mol. The van der Waals surface area contributed by atoms with E-state index in [2.05, 4.69) is 15.6 Å². The fraction of sp³-hybridized carbons (Fsp3) is 0.174. The summed E-state index contributed by atoms with van der Waals surface area (Å²) in [6.07, 6.45) is 3.47. The molecule has 0 aliphatic heterocycles. The smallest absolute Gasteiger partial charge is 0.236 e. The fourth-order valence-electron chi connectivity index (χ4n) is 3.40. The summed E-state index contributed by atoms with van der Waals surface area (Å²) in [6.45, 7) is 4.33. The highest BCUT2D eigenvalue weighted by molar-refractivity contribution is 5.98. The number of hydrogen-bond donors (Lipinski definition) is 1. The first kappa shape index (κ1) is 18.7. The van der Waals surface area contributed by atoms with Crippen LogP contribution in [0.15, 0.2) is 77.6 Å². The van der Waals surface area contributed by atoms with E-state index in [1.807, 2.05) is 80.7 Å². The molecule has 0 aliphatic rings. The number of aromatic nitrogens is 3. The lowest BCUT2D eigenvalue weighted by atomic mass is 9.90. The summed E-state index contributed by atoms with van der Waals surface area (Å²) in [7, 11) is 0. The maximum atomic E-state index is 13.2. The molecule has 4 aromatic rings. The average Bonchev–Trinajstić information content (AvgIpc) is 3.31. The average molecular weight is 386 g/mol. The molecule has 6 heteroatoms. The number of carbonyl (C=O) groups excluding carboxylic acids is 1. The third kappa shape index (κ3) is 4.11. The number of benzene rings is 2. The van der Waals surface area contributed by atoms with Crippen molar-refractivity contribution in [2.75, 3.05) is 5.32 Å². The van der Waals surface area contributed by atoms with Crippen molar-refractivity contribution in [2.45, 2.75) is 26.3 Å². The highest BCUT2D eigenvalue weighted by atomic mass is 16.5. The van der Waals surface area contributed by atoms with Crippen LogP contribution in [0.1, 0.15) is 34.1 Å². The van der Waals surface area contributed by atoms with Crippen LogP contribution in [0.4, 0.5) is 5.69 Å². The van der Waals surface area contributed by atoms with Crippen molar-refractivity contribution in [2.24, 2.45) is 0 Å². The van der Waals surface area contributed by atoms with Crippen LogP contribution < -0.4 is 5.32 Å². The number of carbonyl (C=O) groups is 1. The van der Waals surface area contributed by atoms with E-state index < -0.39 is 5.92 Å². The van der Waals surface area contributed by atoms with Gasteiger partial charge in [0.1, 0.15) is 5.76 Å². The fourth-order valence-corrected chi connectivity index (χ4v) is 3.40. The minimum atomic E-state index is -0.400. The molecule has 2 heterocycles.